The second kappa shape index (κ2) is 5.96. The number of hydrogen-bond donors (Lipinski definition) is 0. The van der Waals surface area contributed by atoms with Gasteiger partial charge in [-0.1, -0.05) is 36.8 Å². The Morgan fingerprint density at radius 3 is 2.78 bits per heavy atom. The molecule has 96 valence electrons. The summed E-state index contributed by atoms with van der Waals surface area (Å²) >= 11 is 1.71. The molecule has 0 N–H and O–H groups in total. The standard InChI is InChI=1S/C14H19N3S/c1-4-5-10-17-12-8-6-7-9-13(12)18-14(17)16-15-11(2)3/h6-9H,4-5,10H2,1-3H3/b16-14-. The lowest BCUT2D eigenvalue weighted by Crippen LogP contribution is -2.14. The van der Waals surface area contributed by atoms with Gasteiger partial charge in [0.2, 0.25) is 4.80 Å². The summed E-state index contributed by atoms with van der Waals surface area (Å²) in [6, 6.07) is 8.45. The van der Waals surface area contributed by atoms with Crippen LogP contribution in [0.15, 0.2) is 34.5 Å². The fourth-order valence-corrected chi connectivity index (χ4v) is 2.78. The molecule has 1 aromatic heterocycles. The minimum absolute atomic E-state index is 0.981. The lowest BCUT2D eigenvalue weighted by atomic mass is 10.3. The Labute approximate surface area is 111 Å². The second-order valence-electron chi connectivity index (χ2n) is 4.50. The van der Waals surface area contributed by atoms with Crippen LogP contribution in [0, 0.1) is 0 Å². The summed E-state index contributed by atoms with van der Waals surface area (Å²) in [6.07, 6.45) is 2.36. The molecule has 0 atom stereocenters. The normalized spacial score (nSPS) is 12.1. The van der Waals surface area contributed by atoms with E-state index in [1.165, 1.54) is 23.1 Å². The molecule has 3 nitrogen and oxygen atoms in total. The molecule has 1 heterocycles. The number of hydrogen-bond acceptors (Lipinski definition) is 3. The van der Waals surface area contributed by atoms with E-state index in [-0.39, 0.29) is 0 Å². The maximum atomic E-state index is 4.37. The predicted octanol–water partition coefficient (Wildman–Crippen LogP) is 3.80. The number of fused-ring (bicyclic) bond motifs is 1. The lowest BCUT2D eigenvalue weighted by Gasteiger charge is -2.02. The third-order valence-electron chi connectivity index (χ3n) is 2.66. The molecular weight excluding hydrogens is 242 g/mol. The van der Waals surface area contributed by atoms with Crippen LogP contribution >= 0.6 is 11.3 Å². The van der Waals surface area contributed by atoms with Crippen LogP contribution in [0.5, 0.6) is 0 Å². The SMILES string of the molecule is CCCCn1/c(=N/N=C(C)C)sc2ccccc21. The highest BCUT2D eigenvalue weighted by atomic mass is 32.1. The van der Waals surface area contributed by atoms with Crippen molar-refractivity contribution >= 4 is 27.3 Å². The average Bonchev–Trinajstić information content (AvgIpc) is 2.71. The Morgan fingerprint density at radius 2 is 2.06 bits per heavy atom. The predicted molar refractivity (Wildman–Crippen MR) is 79.1 cm³/mol. The lowest BCUT2D eigenvalue weighted by molar-refractivity contribution is 0.632. The molecule has 0 aliphatic heterocycles. The molecule has 0 saturated carbocycles. The van der Waals surface area contributed by atoms with Crippen LogP contribution in [-0.2, 0) is 6.54 Å². The molecule has 0 unspecified atom stereocenters. The topological polar surface area (TPSA) is 29.6 Å². The molecule has 18 heavy (non-hydrogen) atoms. The van der Waals surface area contributed by atoms with E-state index >= 15 is 0 Å². The second-order valence-corrected chi connectivity index (χ2v) is 5.51. The van der Waals surface area contributed by atoms with E-state index in [4.69, 9.17) is 0 Å². The zero-order chi connectivity index (χ0) is 13.0. The van der Waals surface area contributed by atoms with E-state index in [0.717, 1.165) is 17.1 Å². The summed E-state index contributed by atoms with van der Waals surface area (Å²) in [5.74, 6) is 0. The van der Waals surface area contributed by atoms with Gasteiger partial charge in [0.1, 0.15) is 0 Å². The number of para-hydroxylation sites is 1. The molecule has 1 aromatic carbocycles. The molecule has 0 amide bonds. The van der Waals surface area contributed by atoms with Gasteiger partial charge in [-0.3, -0.25) is 0 Å². The molecule has 0 aliphatic rings. The third kappa shape index (κ3) is 2.88. The zero-order valence-corrected chi connectivity index (χ0v) is 12.0. The Hall–Kier alpha value is -1.42. The largest absolute Gasteiger partial charge is 0.315 e. The Bertz CT molecular complexity index is 615. The molecule has 0 aliphatic carbocycles. The van der Waals surface area contributed by atoms with Gasteiger partial charge in [-0.15, -0.1) is 5.10 Å². The Morgan fingerprint density at radius 1 is 1.28 bits per heavy atom. The van der Waals surface area contributed by atoms with Crippen molar-refractivity contribution in [2.75, 3.05) is 0 Å². The maximum Gasteiger partial charge on any atom is 0.211 e. The summed E-state index contributed by atoms with van der Waals surface area (Å²) in [5.41, 5.74) is 2.24. The van der Waals surface area contributed by atoms with Gasteiger partial charge >= 0.3 is 0 Å². The molecule has 0 bridgehead atoms. The maximum absolute atomic E-state index is 4.37. The van der Waals surface area contributed by atoms with E-state index in [9.17, 15) is 0 Å². The number of rotatable bonds is 4. The summed E-state index contributed by atoms with van der Waals surface area (Å²) in [7, 11) is 0. The van der Waals surface area contributed by atoms with Crippen molar-refractivity contribution in [3.05, 3.63) is 29.1 Å². The quantitative estimate of drug-likeness (QED) is 0.592. The molecule has 0 spiro atoms. The number of unbranched alkanes of at least 4 members (excludes halogenated alkanes) is 1. The fraction of sp³-hybridized carbons (Fsp3) is 0.429. The van der Waals surface area contributed by atoms with E-state index < -0.39 is 0 Å². The van der Waals surface area contributed by atoms with Crippen LogP contribution in [0.4, 0.5) is 0 Å². The van der Waals surface area contributed by atoms with Gasteiger partial charge in [0, 0.05) is 12.3 Å². The van der Waals surface area contributed by atoms with Crippen molar-refractivity contribution in [3.63, 3.8) is 0 Å². The smallest absolute Gasteiger partial charge is 0.211 e. The van der Waals surface area contributed by atoms with Crippen LogP contribution in [0.2, 0.25) is 0 Å². The molecule has 0 fully saturated rings. The van der Waals surface area contributed by atoms with Crippen LogP contribution in [0.25, 0.3) is 10.2 Å². The highest BCUT2D eigenvalue weighted by Crippen LogP contribution is 2.17. The molecule has 2 rings (SSSR count). The number of aromatic nitrogens is 1. The average molecular weight is 261 g/mol. The summed E-state index contributed by atoms with van der Waals surface area (Å²) < 4.78 is 3.55. The molecular formula is C14H19N3S. The van der Waals surface area contributed by atoms with Gasteiger partial charge in [0.25, 0.3) is 0 Å². The minimum Gasteiger partial charge on any atom is -0.315 e. The van der Waals surface area contributed by atoms with E-state index in [2.05, 4.69) is 46.0 Å². The zero-order valence-electron chi connectivity index (χ0n) is 11.2. The highest BCUT2D eigenvalue weighted by molar-refractivity contribution is 7.16. The number of nitrogens with zero attached hydrogens (tertiary/aromatic N) is 3. The number of aryl methyl sites for hydroxylation is 1. The highest BCUT2D eigenvalue weighted by Gasteiger charge is 2.04. The molecule has 2 aromatic rings. The number of benzene rings is 1. The van der Waals surface area contributed by atoms with E-state index in [1.807, 2.05) is 13.8 Å². The first-order chi connectivity index (χ1) is 8.72. The van der Waals surface area contributed by atoms with Gasteiger partial charge in [-0.25, -0.2) is 0 Å². The van der Waals surface area contributed by atoms with Gasteiger partial charge < -0.3 is 4.57 Å². The first kappa shape index (κ1) is 13.0. The minimum atomic E-state index is 0.981. The molecule has 0 radical (unpaired) electrons. The molecule has 0 saturated heterocycles. The summed E-state index contributed by atoms with van der Waals surface area (Å²) in [4.78, 5) is 0.992. The van der Waals surface area contributed by atoms with E-state index in [1.54, 1.807) is 11.3 Å². The summed E-state index contributed by atoms with van der Waals surface area (Å²) in [5, 5.41) is 8.56. The fourth-order valence-electron chi connectivity index (χ4n) is 1.77. The van der Waals surface area contributed by atoms with Crippen LogP contribution in [-0.4, -0.2) is 10.3 Å². The van der Waals surface area contributed by atoms with Gasteiger partial charge in [-0.2, -0.15) is 5.10 Å². The Kier molecular flexibility index (Phi) is 4.31. The van der Waals surface area contributed by atoms with Crippen LogP contribution < -0.4 is 4.80 Å². The van der Waals surface area contributed by atoms with Crippen molar-refractivity contribution in [1.82, 2.24) is 4.57 Å². The van der Waals surface area contributed by atoms with Gasteiger partial charge in [0.05, 0.1) is 10.2 Å². The molecule has 4 heteroatoms. The van der Waals surface area contributed by atoms with Crippen molar-refractivity contribution < 1.29 is 0 Å². The van der Waals surface area contributed by atoms with Crippen LogP contribution in [0.3, 0.4) is 0 Å². The van der Waals surface area contributed by atoms with E-state index in [0.29, 0.717) is 0 Å². The van der Waals surface area contributed by atoms with Gasteiger partial charge in [0.15, 0.2) is 0 Å². The first-order valence-electron chi connectivity index (χ1n) is 6.35. The third-order valence-corrected chi connectivity index (χ3v) is 3.71. The first-order valence-corrected chi connectivity index (χ1v) is 7.17. The van der Waals surface area contributed by atoms with Crippen molar-refractivity contribution in [1.29, 1.82) is 0 Å². The monoisotopic (exact) mass is 261 g/mol. The van der Waals surface area contributed by atoms with Crippen LogP contribution in [0.1, 0.15) is 33.6 Å². The number of thiazole rings is 1. The van der Waals surface area contributed by atoms with Crippen molar-refractivity contribution in [3.8, 4) is 0 Å². The van der Waals surface area contributed by atoms with Gasteiger partial charge in [-0.05, 0) is 32.4 Å². The van der Waals surface area contributed by atoms with Crippen molar-refractivity contribution in [2.45, 2.75) is 40.2 Å². The van der Waals surface area contributed by atoms with Crippen molar-refractivity contribution in [2.24, 2.45) is 10.2 Å². The summed E-state index contributed by atoms with van der Waals surface area (Å²) in [6.45, 7) is 7.15. The Balaban J connectivity index is 2.56.